The Kier molecular flexibility index (Phi) is 12.2. The van der Waals surface area contributed by atoms with Crippen LogP contribution < -0.4 is 19.5 Å². The van der Waals surface area contributed by atoms with Crippen LogP contribution in [-0.4, -0.2) is 73.9 Å². The summed E-state index contributed by atoms with van der Waals surface area (Å²) in [6.07, 6.45) is 4.32. The summed E-state index contributed by atoms with van der Waals surface area (Å²) < 4.78 is 25.7. The number of aromatic nitrogens is 2. The molecule has 11 heteroatoms. The topological polar surface area (TPSA) is 88.6 Å². The van der Waals surface area contributed by atoms with Gasteiger partial charge >= 0.3 is 0 Å². The van der Waals surface area contributed by atoms with Crippen LogP contribution in [0.2, 0.25) is 5.02 Å². The van der Waals surface area contributed by atoms with Gasteiger partial charge in [0.05, 0.1) is 50.4 Å². The van der Waals surface area contributed by atoms with Gasteiger partial charge in [-0.15, -0.1) is 0 Å². The van der Waals surface area contributed by atoms with E-state index in [0.717, 1.165) is 71.2 Å². The zero-order valence-corrected chi connectivity index (χ0v) is 29.0. The predicted molar refractivity (Wildman–Crippen MR) is 182 cm³/mol. The monoisotopic (exact) mass is 711 g/mol. The molecule has 1 fully saturated rings. The normalized spacial score (nSPS) is 14.3. The Morgan fingerprint density at radius 2 is 1.87 bits per heavy atom. The fourth-order valence-corrected chi connectivity index (χ4v) is 6.39. The molecule has 1 radical (unpaired) electrons. The summed E-state index contributed by atoms with van der Waals surface area (Å²) in [6.45, 7) is 6.94. The zero-order chi connectivity index (χ0) is 32.5. The van der Waals surface area contributed by atoms with E-state index >= 15 is 0 Å². The molecule has 245 valence electrons. The van der Waals surface area contributed by atoms with Crippen LogP contribution in [0.3, 0.4) is 0 Å². The highest BCUT2D eigenvalue weighted by molar-refractivity contribution is 9.10. The molecule has 4 aromatic rings. The number of hydrogen-bond donors (Lipinski definition) is 0. The number of amides is 1. The van der Waals surface area contributed by atoms with E-state index in [-0.39, 0.29) is 18.4 Å². The second-order valence-electron chi connectivity index (χ2n) is 11.5. The van der Waals surface area contributed by atoms with Crippen LogP contribution in [0.5, 0.6) is 17.2 Å². The van der Waals surface area contributed by atoms with E-state index in [1.165, 1.54) is 0 Å². The molecule has 2 aromatic carbocycles. The fourth-order valence-electron chi connectivity index (χ4n) is 5.70. The van der Waals surface area contributed by atoms with E-state index in [4.69, 9.17) is 35.5 Å². The molecule has 0 N–H and O–H groups in total. The Bertz CT molecular complexity index is 1620. The van der Waals surface area contributed by atoms with Crippen LogP contribution in [0, 0.1) is 5.92 Å². The quantitative estimate of drug-likeness (QED) is 0.142. The molecule has 1 aliphatic rings. The molecule has 1 unspecified atom stereocenters. The molecule has 5 rings (SSSR count). The van der Waals surface area contributed by atoms with E-state index in [1.807, 2.05) is 54.7 Å². The number of methoxy groups -OCH3 is 2. The van der Waals surface area contributed by atoms with Gasteiger partial charge in [0.1, 0.15) is 18.0 Å². The van der Waals surface area contributed by atoms with Gasteiger partial charge in [0.25, 0.3) is 0 Å². The number of ether oxygens (including phenoxy) is 4. The number of imidazole rings is 1. The van der Waals surface area contributed by atoms with Crippen molar-refractivity contribution in [2.45, 2.75) is 39.2 Å². The maximum absolute atomic E-state index is 13.0. The zero-order valence-electron chi connectivity index (χ0n) is 26.6. The number of pyridine rings is 1. The predicted octanol–water partition coefficient (Wildman–Crippen LogP) is 6.36. The van der Waals surface area contributed by atoms with Crippen molar-refractivity contribution in [2.24, 2.45) is 5.92 Å². The van der Waals surface area contributed by atoms with E-state index in [0.29, 0.717) is 48.8 Å². The van der Waals surface area contributed by atoms with Crippen molar-refractivity contribution in [1.82, 2.24) is 19.6 Å². The first-order valence-corrected chi connectivity index (χ1v) is 16.8. The lowest BCUT2D eigenvalue weighted by atomic mass is 9.96. The lowest BCUT2D eigenvalue weighted by Gasteiger charge is -2.26. The number of rotatable bonds is 15. The Labute approximate surface area is 284 Å². The lowest BCUT2D eigenvalue weighted by Crippen LogP contribution is -2.38. The van der Waals surface area contributed by atoms with Crippen LogP contribution in [0.15, 0.2) is 59.2 Å². The number of nitrogens with zero attached hydrogens (tertiary/aromatic N) is 4. The largest absolute Gasteiger partial charge is 0.496 e. The van der Waals surface area contributed by atoms with Gasteiger partial charge < -0.3 is 23.3 Å². The van der Waals surface area contributed by atoms with Crippen LogP contribution >= 0.6 is 27.5 Å². The van der Waals surface area contributed by atoms with Crippen molar-refractivity contribution in [3.8, 4) is 17.2 Å². The maximum Gasteiger partial charge on any atom is 0.241 e. The molecule has 0 bridgehead atoms. The lowest BCUT2D eigenvalue weighted by molar-refractivity contribution is -0.121. The van der Waals surface area contributed by atoms with Crippen LogP contribution in [0.4, 0.5) is 0 Å². The number of carbonyl (C=O) groups is 1. The molecule has 0 spiro atoms. The van der Waals surface area contributed by atoms with Crippen LogP contribution in [-0.2, 0) is 28.9 Å². The molecule has 2 aromatic heterocycles. The Balaban J connectivity index is 1.17. The molecular formula is C35H41BrClN4O5. The summed E-state index contributed by atoms with van der Waals surface area (Å²) in [4.78, 5) is 20.1. The highest BCUT2D eigenvalue weighted by atomic mass is 79.9. The summed E-state index contributed by atoms with van der Waals surface area (Å²) in [5, 5.41) is 4.99. The number of benzene rings is 2. The van der Waals surface area contributed by atoms with E-state index in [1.54, 1.807) is 14.2 Å². The van der Waals surface area contributed by atoms with E-state index in [9.17, 15) is 4.79 Å². The molecule has 46 heavy (non-hydrogen) atoms. The number of carbonyl (C=O) groups excluding carboxylic acids is 1. The minimum absolute atomic E-state index is 0.136. The maximum atomic E-state index is 13.0. The third kappa shape index (κ3) is 8.73. The molecule has 1 aliphatic heterocycles. The number of hydrogen-bond acceptors (Lipinski definition) is 7. The Morgan fingerprint density at radius 1 is 1.09 bits per heavy atom. The van der Waals surface area contributed by atoms with Crippen molar-refractivity contribution >= 4 is 39.1 Å². The molecular weight excluding hydrogens is 672 g/mol. The molecule has 0 aliphatic carbocycles. The van der Waals surface area contributed by atoms with Gasteiger partial charge in [-0.3, -0.25) is 9.69 Å². The molecule has 3 heterocycles. The molecule has 1 saturated heterocycles. The first-order chi connectivity index (χ1) is 22.4. The Morgan fingerprint density at radius 3 is 2.65 bits per heavy atom. The summed E-state index contributed by atoms with van der Waals surface area (Å²) in [5.74, 6) is 2.05. The molecule has 1 amide bonds. The average molecular weight is 713 g/mol. The Hall–Kier alpha value is -3.31. The van der Waals surface area contributed by atoms with Gasteiger partial charge in [-0.2, -0.15) is 0 Å². The van der Waals surface area contributed by atoms with Crippen LogP contribution in [0.1, 0.15) is 42.3 Å². The first kappa shape index (κ1) is 34.0. The van der Waals surface area contributed by atoms with Crippen LogP contribution in [0.25, 0.3) is 5.65 Å². The highest BCUT2D eigenvalue weighted by Crippen LogP contribution is 2.39. The minimum Gasteiger partial charge on any atom is -0.496 e. The first-order valence-electron chi connectivity index (χ1n) is 15.6. The van der Waals surface area contributed by atoms with Gasteiger partial charge in [0, 0.05) is 48.7 Å². The summed E-state index contributed by atoms with van der Waals surface area (Å²) in [6, 6.07) is 15.7. The van der Waals surface area contributed by atoms with Gasteiger partial charge in [-0.05, 0) is 60.7 Å². The number of morpholine rings is 1. The molecule has 9 nitrogen and oxygen atoms in total. The molecule has 1 atom stereocenters. The van der Waals surface area contributed by atoms with Crippen molar-refractivity contribution in [3.63, 3.8) is 0 Å². The van der Waals surface area contributed by atoms with Gasteiger partial charge in [-0.25, -0.2) is 10.3 Å². The van der Waals surface area contributed by atoms with Crippen molar-refractivity contribution in [3.05, 3.63) is 86.7 Å². The third-order valence-corrected chi connectivity index (χ3v) is 9.16. The third-order valence-electron chi connectivity index (χ3n) is 8.26. The standard InChI is InChI=1S/C35H41BrClN4O5/c1-24(20-25-8-10-31(44-3)35(34(25)37)46-19-16-40-14-17-45-18-15-40)7-12-33(42)38-23-28-29(41-13-5-4-6-32(41)39-28)22-26-21-27(36)9-11-30(26)43-2/h4-6,8-11,13,21,24H,7,12,14-20,22-23H2,1-3H3. The second-order valence-corrected chi connectivity index (χ2v) is 12.8. The second kappa shape index (κ2) is 16.5. The molecule has 0 saturated carbocycles. The average Bonchev–Trinajstić information content (AvgIpc) is 3.42. The van der Waals surface area contributed by atoms with Gasteiger partial charge in [0.15, 0.2) is 11.5 Å². The van der Waals surface area contributed by atoms with Crippen molar-refractivity contribution in [1.29, 1.82) is 0 Å². The van der Waals surface area contributed by atoms with Gasteiger partial charge in [0.2, 0.25) is 5.91 Å². The SMILES string of the molecule is COc1ccc(Br)cc1Cc1c(C[N]C(=O)CCC(C)Cc2ccc(OC)c(OCCN3CCOCC3)c2Cl)nc2ccccn12. The van der Waals surface area contributed by atoms with E-state index < -0.39 is 0 Å². The number of halogens is 2. The summed E-state index contributed by atoms with van der Waals surface area (Å²) in [7, 11) is 3.28. The van der Waals surface area contributed by atoms with Gasteiger partial charge in [-0.1, -0.05) is 46.6 Å². The van der Waals surface area contributed by atoms with Crippen molar-refractivity contribution in [2.75, 3.05) is 53.7 Å². The van der Waals surface area contributed by atoms with Crippen molar-refractivity contribution < 1.29 is 23.7 Å². The minimum atomic E-state index is -0.136. The summed E-state index contributed by atoms with van der Waals surface area (Å²) in [5.41, 5.74) is 4.57. The smallest absolute Gasteiger partial charge is 0.241 e. The summed E-state index contributed by atoms with van der Waals surface area (Å²) >= 11 is 10.4. The fraction of sp³-hybridized carbons (Fsp3) is 0.429. The number of fused-ring (bicyclic) bond motifs is 1. The highest BCUT2D eigenvalue weighted by Gasteiger charge is 2.20. The van der Waals surface area contributed by atoms with E-state index in [2.05, 4.69) is 37.5 Å².